The summed E-state index contributed by atoms with van der Waals surface area (Å²) in [6, 6.07) is 7.29. The lowest BCUT2D eigenvalue weighted by Crippen LogP contribution is -2.58. The van der Waals surface area contributed by atoms with Crippen LogP contribution < -0.4 is 20.9 Å². The lowest BCUT2D eigenvalue weighted by atomic mass is 9.64. The normalized spacial score (nSPS) is 21.4. The minimum Gasteiger partial charge on any atom is -0.496 e. The number of nitrogens with one attached hydrogen (secondary N) is 2. The van der Waals surface area contributed by atoms with Crippen LogP contribution in [0.15, 0.2) is 41.5 Å². The zero-order chi connectivity index (χ0) is 27.9. The van der Waals surface area contributed by atoms with Crippen LogP contribution >= 0.6 is 0 Å². The lowest BCUT2D eigenvalue weighted by Gasteiger charge is -2.49. The molecule has 2 aromatic heterocycles. The van der Waals surface area contributed by atoms with Crippen molar-refractivity contribution in [3.63, 3.8) is 0 Å². The van der Waals surface area contributed by atoms with Gasteiger partial charge in [-0.2, -0.15) is 5.10 Å². The van der Waals surface area contributed by atoms with Crippen molar-refractivity contribution in [3.8, 4) is 5.75 Å². The number of nitrogens with zero attached hydrogens (tertiary/aromatic N) is 3. The van der Waals surface area contributed by atoms with E-state index >= 15 is 0 Å². The Morgan fingerprint density at radius 2 is 1.79 bits per heavy atom. The molecule has 0 bridgehead atoms. The number of ether oxygens (including phenoxy) is 2. The van der Waals surface area contributed by atoms with E-state index in [0.717, 1.165) is 49.4 Å². The minimum atomic E-state index is -0.409. The number of carbonyl (C=O) groups is 2. The number of benzene rings is 1. The van der Waals surface area contributed by atoms with Crippen molar-refractivity contribution >= 4 is 28.6 Å². The van der Waals surface area contributed by atoms with E-state index in [4.69, 9.17) is 14.6 Å². The van der Waals surface area contributed by atoms with Gasteiger partial charge in [0.05, 0.1) is 31.3 Å². The fraction of sp³-hybridized carbons (Fsp3) is 0.517. The second-order valence-electron chi connectivity index (χ2n) is 11.7. The third kappa shape index (κ3) is 5.12. The number of pyridine rings is 1. The van der Waals surface area contributed by atoms with Gasteiger partial charge in [-0.25, -0.2) is 4.79 Å². The second-order valence-corrected chi connectivity index (χ2v) is 11.7. The summed E-state index contributed by atoms with van der Waals surface area (Å²) < 4.78 is 14.1. The summed E-state index contributed by atoms with van der Waals surface area (Å²) in [5.74, 6) is -0.0185. The molecule has 0 unspecified atom stereocenters. The molecule has 2 aliphatic carbocycles. The number of alkyl carbamates (subject to hydrolysis) is 1. The van der Waals surface area contributed by atoms with E-state index in [1.807, 2.05) is 10.9 Å². The van der Waals surface area contributed by atoms with Crippen molar-refractivity contribution in [3.05, 3.63) is 52.6 Å². The molecule has 0 radical (unpaired) electrons. The van der Waals surface area contributed by atoms with Gasteiger partial charge < -0.3 is 24.7 Å². The van der Waals surface area contributed by atoms with E-state index < -0.39 is 12.0 Å². The highest BCUT2D eigenvalue weighted by molar-refractivity contribution is 6.08. The molecule has 39 heavy (non-hydrogen) atoms. The first-order chi connectivity index (χ1) is 18.5. The van der Waals surface area contributed by atoms with Gasteiger partial charge in [-0.3, -0.25) is 14.3 Å². The van der Waals surface area contributed by atoms with Crippen molar-refractivity contribution in [2.45, 2.75) is 76.9 Å². The highest BCUT2D eigenvalue weighted by atomic mass is 16.5. The first-order valence-corrected chi connectivity index (χ1v) is 13.5. The van der Waals surface area contributed by atoms with Crippen molar-refractivity contribution in [1.82, 2.24) is 19.7 Å². The Bertz CT molecular complexity index is 1450. The molecule has 2 fully saturated rings. The van der Waals surface area contributed by atoms with Crippen molar-refractivity contribution in [2.24, 2.45) is 5.41 Å². The van der Waals surface area contributed by atoms with Crippen LogP contribution in [0.4, 0.5) is 10.5 Å². The summed E-state index contributed by atoms with van der Waals surface area (Å²) in [5.41, 5.74) is 0.594. The van der Waals surface area contributed by atoms with Crippen LogP contribution in [0.3, 0.4) is 0 Å². The van der Waals surface area contributed by atoms with Crippen LogP contribution in [-0.4, -0.2) is 46.1 Å². The average Bonchev–Trinajstić information content (AvgIpc) is 3.67. The van der Waals surface area contributed by atoms with Gasteiger partial charge in [0.1, 0.15) is 11.4 Å². The van der Waals surface area contributed by atoms with Gasteiger partial charge >= 0.3 is 6.09 Å². The number of aromatic nitrogens is 3. The molecule has 208 valence electrons. The molecule has 1 aromatic carbocycles. The van der Waals surface area contributed by atoms with Crippen molar-refractivity contribution in [2.75, 3.05) is 19.5 Å². The van der Waals surface area contributed by atoms with Gasteiger partial charge in [0.15, 0.2) is 0 Å². The SMILES string of the molecule is COC(=O)NC1(C(C)(C)C)CCC(n2cc3cc(C(=O)Nc4cccn(C5CC5)c4=O)c(OC)cc3n2)CC1. The van der Waals surface area contributed by atoms with E-state index in [2.05, 4.69) is 31.4 Å². The van der Waals surface area contributed by atoms with Gasteiger partial charge in [0.25, 0.3) is 11.5 Å². The molecule has 2 amide bonds. The predicted molar refractivity (Wildman–Crippen MR) is 148 cm³/mol. The highest BCUT2D eigenvalue weighted by Gasteiger charge is 2.46. The molecule has 10 heteroatoms. The number of anilines is 1. The fourth-order valence-corrected chi connectivity index (χ4v) is 5.71. The summed E-state index contributed by atoms with van der Waals surface area (Å²) >= 11 is 0. The number of methoxy groups -OCH3 is 2. The standard InChI is InChI=1S/C29H37N5O5/c1-28(2,3)29(31-27(37)39-5)12-10-20(11-13-29)34-17-18-15-21(24(38-4)16-23(18)32-34)25(35)30-22-7-6-14-33(26(22)36)19-8-9-19/h6-7,14-17,19-20H,8-13H2,1-5H3,(H,30,35)(H,31,37). The molecule has 2 heterocycles. The second kappa shape index (κ2) is 10.1. The molecule has 0 aliphatic heterocycles. The van der Waals surface area contributed by atoms with E-state index in [0.29, 0.717) is 11.3 Å². The van der Waals surface area contributed by atoms with Crippen LogP contribution in [0.1, 0.15) is 81.7 Å². The van der Waals surface area contributed by atoms with Crippen LogP contribution in [0.2, 0.25) is 0 Å². The number of fused-ring (bicyclic) bond motifs is 1. The Labute approximate surface area is 227 Å². The topological polar surface area (TPSA) is 116 Å². The minimum absolute atomic E-state index is 0.142. The van der Waals surface area contributed by atoms with Crippen LogP contribution in [0.5, 0.6) is 5.75 Å². The maximum atomic E-state index is 13.3. The molecule has 0 atom stereocenters. The maximum absolute atomic E-state index is 13.3. The largest absolute Gasteiger partial charge is 0.496 e. The van der Waals surface area contributed by atoms with Gasteiger partial charge in [-0.15, -0.1) is 0 Å². The maximum Gasteiger partial charge on any atom is 0.407 e. The Hall–Kier alpha value is -3.82. The smallest absolute Gasteiger partial charge is 0.407 e. The van der Waals surface area contributed by atoms with E-state index in [1.54, 1.807) is 35.0 Å². The summed E-state index contributed by atoms with van der Waals surface area (Å²) in [7, 11) is 2.90. The molecule has 0 spiro atoms. The lowest BCUT2D eigenvalue weighted by molar-refractivity contribution is 0.0626. The molecule has 0 saturated heterocycles. The monoisotopic (exact) mass is 535 g/mol. The first kappa shape index (κ1) is 26.8. The van der Waals surface area contributed by atoms with Gasteiger partial charge in [-0.1, -0.05) is 20.8 Å². The number of rotatable bonds is 6. The van der Waals surface area contributed by atoms with Crippen LogP contribution in [0, 0.1) is 5.41 Å². The zero-order valence-electron chi connectivity index (χ0n) is 23.2. The molecule has 3 aromatic rings. The molecular weight excluding hydrogens is 498 g/mol. The van der Waals surface area contributed by atoms with Crippen LogP contribution in [0.25, 0.3) is 10.9 Å². The molecule has 2 saturated carbocycles. The van der Waals surface area contributed by atoms with E-state index in [1.165, 1.54) is 14.2 Å². The Morgan fingerprint density at radius 1 is 1.08 bits per heavy atom. The third-order valence-corrected chi connectivity index (χ3v) is 8.40. The van der Waals surface area contributed by atoms with E-state index in [9.17, 15) is 14.4 Å². The molecular formula is C29H37N5O5. The molecule has 10 nitrogen and oxygen atoms in total. The van der Waals surface area contributed by atoms with Crippen molar-refractivity contribution < 1.29 is 19.1 Å². The summed E-state index contributed by atoms with van der Waals surface area (Å²) in [6.45, 7) is 6.42. The highest BCUT2D eigenvalue weighted by Crippen LogP contribution is 2.45. The number of hydrogen-bond donors (Lipinski definition) is 2. The number of hydrogen-bond acceptors (Lipinski definition) is 6. The molecule has 5 rings (SSSR count). The fourth-order valence-electron chi connectivity index (χ4n) is 5.71. The third-order valence-electron chi connectivity index (χ3n) is 8.40. The van der Waals surface area contributed by atoms with Gasteiger partial charge in [0, 0.05) is 35.4 Å². The predicted octanol–water partition coefficient (Wildman–Crippen LogP) is 5.05. The zero-order valence-corrected chi connectivity index (χ0v) is 23.2. The average molecular weight is 536 g/mol. The Kier molecular flexibility index (Phi) is 6.90. The van der Waals surface area contributed by atoms with Gasteiger partial charge in [0.2, 0.25) is 0 Å². The van der Waals surface area contributed by atoms with Crippen LogP contribution in [-0.2, 0) is 4.74 Å². The summed E-state index contributed by atoms with van der Waals surface area (Å²) in [4.78, 5) is 38.2. The Balaban J connectivity index is 1.37. The first-order valence-electron chi connectivity index (χ1n) is 13.5. The summed E-state index contributed by atoms with van der Waals surface area (Å²) in [5, 5.41) is 11.5. The van der Waals surface area contributed by atoms with E-state index in [-0.39, 0.29) is 34.3 Å². The molecule has 2 N–H and O–H groups in total. The Morgan fingerprint density at radius 3 is 2.41 bits per heavy atom. The quantitative estimate of drug-likeness (QED) is 0.456. The van der Waals surface area contributed by atoms with Crippen molar-refractivity contribution in [1.29, 1.82) is 0 Å². The molecule has 2 aliphatic rings. The van der Waals surface area contributed by atoms with Gasteiger partial charge in [-0.05, 0) is 62.1 Å². The summed E-state index contributed by atoms with van der Waals surface area (Å²) in [6.07, 6.45) is 8.51. The number of amides is 2. The number of carbonyl (C=O) groups excluding carboxylic acids is 2.